The van der Waals surface area contributed by atoms with Crippen LogP contribution in [-0.2, 0) is 17.4 Å². The molecule has 2 saturated carbocycles. The van der Waals surface area contributed by atoms with Crippen molar-refractivity contribution in [2.75, 3.05) is 13.1 Å². The molecular formula is C29H36Cl2F3N3O3. The van der Waals surface area contributed by atoms with E-state index in [1.165, 1.54) is 4.90 Å². The van der Waals surface area contributed by atoms with Crippen LogP contribution >= 0.6 is 23.2 Å². The Morgan fingerprint density at radius 2 is 1.70 bits per heavy atom. The second-order valence-corrected chi connectivity index (χ2v) is 12.6. The minimum atomic E-state index is -4.81. The summed E-state index contributed by atoms with van der Waals surface area (Å²) in [6.45, 7) is 4.43. The largest absolute Gasteiger partial charge is 0.481 e. The van der Waals surface area contributed by atoms with Gasteiger partial charge in [0.25, 0.3) is 5.91 Å². The van der Waals surface area contributed by atoms with Gasteiger partial charge in [0.05, 0.1) is 23.7 Å². The fourth-order valence-corrected chi connectivity index (χ4v) is 7.09. The molecule has 0 radical (unpaired) electrons. The molecule has 0 saturated heterocycles. The van der Waals surface area contributed by atoms with Gasteiger partial charge in [0.2, 0.25) is 0 Å². The Morgan fingerprint density at radius 1 is 1.10 bits per heavy atom. The van der Waals surface area contributed by atoms with E-state index in [1.54, 1.807) is 12.1 Å². The number of alkyl halides is 3. The Morgan fingerprint density at radius 3 is 2.25 bits per heavy atom. The van der Waals surface area contributed by atoms with Crippen molar-refractivity contribution in [2.45, 2.75) is 90.3 Å². The first-order chi connectivity index (χ1) is 18.8. The summed E-state index contributed by atoms with van der Waals surface area (Å²) < 4.78 is 44.4. The Hall–Kier alpha value is -2.26. The van der Waals surface area contributed by atoms with Crippen LogP contribution in [0.2, 0.25) is 10.0 Å². The molecule has 1 N–H and O–H groups in total. The van der Waals surface area contributed by atoms with Gasteiger partial charge < -0.3 is 10.0 Å². The second-order valence-electron chi connectivity index (χ2n) is 11.7. The van der Waals surface area contributed by atoms with E-state index in [0.717, 1.165) is 48.5 Å². The average Bonchev–Trinajstić information content (AvgIpc) is 3.33. The summed E-state index contributed by atoms with van der Waals surface area (Å²) in [6, 6.07) is 2.94. The number of carboxylic acid groups (broad SMARTS) is 1. The zero-order chi connectivity index (χ0) is 29.2. The average molecular weight is 603 g/mol. The second kappa shape index (κ2) is 12.3. The number of hydrogen-bond acceptors (Lipinski definition) is 3. The molecule has 0 aliphatic heterocycles. The van der Waals surface area contributed by atoms with E-state index < -0.39 is 41.3 Å². The number of carbonyl (C=O) groups excluding carboxylic acids is 1. The first kappa shape index (κ1) is 30.7. The molecule has 2 fully saturated rings. The van der Waals surface area contributed by atoms with Crippen LogP contribution in [0.4, 0.5) is 13.2 Å². The fraction of sp³-hybridized carbons (Fsp3) is 0.621. The van der Waals surface area contributed by atoms with Gasteiger partial charge in [0.15, 0.2) is 5.69 Å². The van der Waals surface area contributed by atoms with Crippen LogP contribution in [0.3, 0.4) is 0 Å². The van der Waals surface area contributed by atoms with E-state index in [4.69, 9.17) is 23.2 Å². The highest BCUT2D eigenvalue weighted by molar-refractivity contribution is 6.36. The molecule has 1 heterocycles. The maximum absolute atomic E-state index is 14.5. The minimum Gasteiger partial charge on any atom is -0.481 e. The molecule has 2 aliphatic rings. The smallest absolute Gasteiger partial charge is 0.433 e. The van der Waals surface area contributed by atoms with Gasteiger partial charge in [0, 0.05) is 23.1 Å². The van der Waals surface area contributed by atoms with Crippen LogP contribution in [0, 0.1) is 18.3 Å². The van der Waals surface area contributed by atoms with Crippen LogP contribution in [-0.4, -0.2) is 44.8 Å². The van der Waals surface area contributed by atoms with Crippen LogP contribution in [0.15, 0.2) is 18.3 Å². The topological polar surface area (TPSA) is 75.4 Å². The summed E-state index contributed by atoms with van der Waals surface area (Å²) in [5.74, 6) is -2.23. The van der Waals surface area contributed by atoms with E-state index >= 15 is 0 Å². The standard InChI is InChI=1S/C29H36Cl2F3N3O3/c1-18-14-23(30)21(24(31)15-18)10-13-36(17-28(2)11-4-3-5-12-28)26(38)22-16-35-37(25(22)29(32,33)34)20-8-6-19(7-9-20)27(39)40/h14-16,19-20H,3-13,17H2,1-2H3,(H,39,40)/t19-,20-. The third-order valence-corrected chi connectivity index (χ3v) is 9.20. The zero-order valence-corrected chi connectivity index (χ0v) is 24.4. The monoisotopic (exact) mass is 601 g/mol. The van der Waals surface area contributed by atoms with Crippen molar-refractivity contribution in [3.8, 4) is 0 Å². The lowest BCUT2D eigenvalue weighted by Crippen LogP contribution is -2.42. The molecule has 2 aromatic rings. The van der Waals surface area contributed by atoms with Gasteiger partial charge in [-0.05, 0) is 80.5 Å². The molecule has 11 heteroatoms. The number of halogens is 5. The molecule has 2 aliphatic carbocycles. The summed E-state index contributed by atoms with van der Waals surface area (Å²) in [5.41, 5.74) is -0.211. The number of carboxylic acids is 1. The summed E-state index contributed by atoms with van der Waals surface area (Å²) >= 11 is 12.9. The third kappa shape index (κ3) is 6.96. The molecule has 1 aromatic carbocycles. The molecule has 0 unspecified atom stereocenters. The van der Waals surface area contributed by atoms with Crippen LogP contribution < -0.4 is 0 Å². The van der Waals surface area contributed by atoms with E-state index in [2.05, 4.69) is 12.0 Å². The molecule has 4 rings (SSSR count). The Labute approximate surface area is 242 Å². The molecule has 0 atom stereocenters. The van der Waals surface area contributed by atoms with Crippen molar-refractivity contribution in [3.05, 3.63) is 50.8 Å². The Balaban J connectivity index is 1.65. The van der Waals surface area contributed by atoms with Gasteiger partial charge in [-0.25, -0.2) is 0 Å². The summed E-state index contributed by atoms with van der Waals surface area (Å²) in [6.07, 6.45) is 2.46. The molecule has 6 nitrogen and oxygen atoms in total. The van der Waals surface area contributed by atoms with Gasteiger partial charge in [-0.2, -0.15) is 18.3 Å². The number of nitrogens with zero attached hydrogens (tertiary/aromatic N) is 3. The van der Waals surface area contributed by atoms with Crippen molar-refractivity contribution in [3.63, 3.8) is 0 Å². The molecular weight excluding hydrogens is 566 g/mol. The number of hydrogen-bond donors (Lipinski definition) is 1. The molecule has 40 heavy (non-hydrogen) atoms. The number of aromatic nitrogens is 2. The van der Waals surface area contributed by atoms with Crippen molar-refractivity contribution >= 4 is 35.1 Å². The van der Waals surface area contributed by atoms with Gasteiger partial charge in [-0.3, -0.25) is 14.3 Å². The quantitative estimate of drug-likeness (QED) is 0.333. The predicted octanol–water partition coefficient (Wildman–Crippen LogP) is 7.99. The van der Waals surface area contributed by atoms with E-state index in [-0.39, 0.29) is 37.6 Å². The van der Waals surface area contributed by atoms with Crippen LogP contribution in [0.1, 0.15) is 97.9 Å². The third-order valence-electron chi connectivity index (χ3n) is 8.52. The van der Waals surface area contributed by atoms with Gasteiger partial charge in [-0.15, -0.1) is 0 Å². The van der Waals surface area contributed by atoms with Crippen molar-refractivity contribution < 1.29 is 27.9 Å². The number of benzene rings is 1. The lowest BCUT2D eigenvalue weighted by molar-refractivity contribution is -0.147. The summed E-state index contributed by atoms with van der Waals surface area (Å²) in [7, 11) is 0. The molecule has 220 valence electrons. The van der Waals surface area contributed by atoms with Gasteiger partial charge >= 0.3 is 12.1 Å². The lowest BCUT2D eigenvalue weighted by atomic mass is 9.75. The number of aliphatic carboxylic acids is 1. The number of amides is 1. The minimum absolute atomic E-state index is 0.156. The highest BCUT2D eigenvalue weighted by Crippen LogP contribution is 2.41. The number of aryl methyl sites for hydroxylation is 1. The lowest BCUT2D eigenvalue weighted by Gasteiger charge is -2.38. The first-order valence-electron chi connectivity index (χ1n) is 13.9. The van der Waals surface area contributed by atoms with Gasteiger partial charge in [0.1, 0.15) is 0 Å². The van der Waals surface area contributed by atoms with Crippen LogP contribution in [0.5, 0.6) is 0 Å². The molecule has 1 amide bonds. The van der Waals surface area contributed by atoms with E-state index in [1.807, 2.05) is 6.92 Å². The van der Waals surface area contributed by atoms with E-state index in [9.17, 15) is 27.9 Å². The maximum atomic E-state index is 14.5. The Kier molecular flexibility index (Phi) is 9.45. The molecule has 0 spiro atoms. The number of rotatable bonds is 8. The van der Waals surface area contributed by atoms with Gasteiger partial charge in [-0.1, -0.05) is 49.4 Å². The highest BCUT2D eigenvalue weighted by atomic mass is 35.5. The van der Waals surface area contributed by atoms with Crippen molar-refractivity contribution in [1.82, 2.24) is 14.7 Å². The fourth-order valence-electron chi connectivity index (χ4n) is 6.31. The Bertz CT molecular complexity index is 1210. The normalized spacial score (nSPS) is 21.3. The van der Waals surface area contributed by atoms with Crippen molar-refractivity contribution in [2.24, 2.45) is 11.3 Å². The first-order valence-corrected chi connectivity index (χ1v) is 14.7. The molecule has 0 bridgehead atoms. The van der Waals surface area contributed by atoms with Crippen molar-refractivity contribution in [1.29, 1.82) is 0 Å². The highest BCUT2D eigenvalue weighted by Gasteiger charge is 2.44. The summed E-state index contributed by atoms with van der Waals surface area (Å²) in [5, 5.41) is 14.3. The van der Waals surface area contributed by atoms with E-state index in [0.29, 0.717) is 28.6 Å². The predicted molar refractivity (Wildman–Crippen MR) is 148 cm³/mol. The molecule has 1 aromatic heterocycles. The SMILES string of the molecule is Cc1cc(Cl)c(CCN(CC2(C)CCCCC2)C(=O)c2cnn([C@H]3CC[C@H](C(=O)O)CC3)c2C(F)(F)F)c(Cl)c1. The maximum Gasteiger partial charge on any atom is 0.433 e. The number of carbonyl (C=O) groups is 2. The van der Waals surface area contributed by atoms with Crippen LogP contribution in [0.25, 0.3) is 0 Å². The summed E-state index contributed by atoms with van der Waals surface area (Å²) in [4.78, 5) is 26.8. The zero-order valence-electron chi connectivity index (χ0n) is 22.9.